The number of unbranched alkanes of at least 4 members (excludes halogenated alkanes) is 3. The molecule has 0 radical (unpaired) electrons. The van der Waals surface area contributed by atoms with Gasteiger partial charge in [0.25, 0.3) is 0 Å². The molecule has 114 valence electrons. The zero-order valence-corrected chi connectivity index (χ0v) is 13.4. The summed E-state index contributed by atoms with van der Waals surface area (Å²) in [5.74, 6) is 0. The van der Waals surface area contributed by atoms with E-state index in [1.807, 2.05) is 0 Å². The number of benzene rings is 1. The van der Waals surface area contributed by atoms with E-state index in [0.29, 0.717) is 6.54 Å². The van der Waals surface area contributed by atoms with Gasteiger partial charge in [0, 0.05) is 12.8 Å². The van der Waals surface area contributed by atoms with Crippen molar-refractivity contribution in [3.8, 4) is 0 Å². The van der Waals surface area contributed by atoms with Gasteiger partial charge < -0.3 is 0 Å². The van der Waals surface area contributed by atoms with E-state index in [9.17, 15) is 16.8 Å². The van der Waals surface area contributed by atoms with E-state index in [2.05, 4.69) is 11.6 Å². The third kappa shape index (κ3) is 5.22. The molecule has 0 aliphatic rings. The lowest BCUT2D eigenvalue weighted by Gasteiger charge is -2.07. The lowest BCUT2D eigenvalue weighted by molar-refractivity contribution is 0.573. The number of rotatable bonds is 8. The Balaban J connectivity index is 2.78. The predicted octanol–water partition coefficient (Wildman–Crippen LogP) is 1.95. The topological polar surface area (TPSA) is 80.3 Å². The Hall–Kier alpha value is -0.920. The highest BCUT2D eigenvalue weighted by molar-refractivity contribution is 7.91. The summed E-state index contributed by atoms with van der Waals surface area (Å²) in [6.07, 6.45) is 4.96. The molecular formula is C13H21NO4S2. The Morgan fingerprint density at radius 1 is 1.00 bits per heavy atom. The highest BCUT2D eigenvalue weighted by Crippen LogP contribution is 2.15. The monoisotopic (exact) mass is 319 g/mol. The van der Waals surface area contributed by atoms with Crippen molar-refractivity contribution >= 4 is 19.9 Å². The maximum absolute atomic E-state index is 12.0. The normalized spacial score (nSPS) is 12.5. The van der Waals surface area contributed by atoms with Gasteiger partial charge in [0.1, 0.15) is 0 Å². The number of hydrogen-bond acceptors (Lipinski definition) is 4. The molecule has 1 N–H and O–H groups in total. The molecule has 0 aliphatic heterocycles. The van der Waals surface area contributed by atoms with Crippen LogP contribution in [0.4, 0.5) is 0 Å². The minimum atomic E-state index is -3.64. The zero-order chi connectivity index (χ0) is 15.2. The van der Waals surface area contributed by atoms with Gasteiger partial charge in [-0.3, -0.25) is 0 Å². The Labute approximate surface area is 121 Å². The number of hydrogen-bond donors (Lipinski definition) is 1. The lowest BCUT2D eigenvalue weighted by atomic mass is 10.2. The van der Waals surface area contributed by atoms with Crippen molar-refractivity contribution in [1.29, 1.82) is 0 Å². The molecule has 0 aliphatic carbocycles. The van der Waals surface area contributed by atoms with Crippen LogP contribution in [0.5, 0.6) is 0 Å². The first-order valence-corrected chi connectivity index (χ1v) is 9.94. The molecule has 1 rings (SSSR count). The Morgan fingerprint density at radius 2 is 1.65 bits per heavy atom. The van der Waals surface area contributed by atoms with E-state index in [-0.39, 0.29) is 9.79 Å². The van der Waals surface area contributed by atoms with Gasteiger partial charge in [-0.05, 0) is 24.6 Å². The van der Waals surface area contributed by atoms with E-state index in [1.54, 1.807) is 0 Å². The standard InChI is InChI=1S/C13H21NO4S2/c1-3-4-5-6-10-14-20(17,18)13-9-7-8-12(11-13)19(2,15)16/h7-9,11,14H,3-6,10H2,1-2H3. The average molecular weight is 319 g/mol. The van der Waals surface area contributed by atoms with Gasteiger partial charge in [0.2, 0.25) is 10.0 Å². The second-order valence-corrected chi connectivity index (χ2v) is 8.49. The van der Waals surface area contributed by atoms with Crippen molar-refractivity contribution in [2.75, 3.05) is 12.8 Å². The van der Waals surface area contributed by atoms with E-state index in [1.165, 1.54) is 24.3 Å². The van der Waals surface area contributed by atoms with Crippen LogP contribution < -0.4 is 4.72 Å². The molecule has 0 unspecified atom stereocenters. The van der Waals surface area contributed by atoms with Gasteiger partial charge in [-0.25, -0.2) is 21.6 Å². The minimum Gasteiger partial charge on any atom is -0.224 e. The summed E-state index contributed by atoms with van der Waals surface area (Å²) in [6.45, 7) is 2.45. The van der Waals surface area contributed by atoms with Crippen molar-refractivity contribution in [2.24, 2.45) is 0 Å². The van der Waals surface area contributed by atoms with Crippen molar-refractivity contribution in [3.63, 3.8) is 0 Å². The Morgan fingerprint density at radius 3 is 2.25 bits per heavy atom. The fourth-order valence-corrected chi connectivity index (χ4v) is 3.57. The SMILES string of the molecule is CCCCCCNS(=O)(=O)c1cccc(S(C)(=O)=O)c1. The molecule has 0 saturated carbocycles. The largest absolute Gasteiger partial charge is 0.240 e. The smallest absolute Gasteiger partial charge is 0.224 e. The molecule has 0 bridgehead atoms. The summed E-state index contributed by atoms with van der Waals surface area (Å²) >= 11 is 0. The van der Waals surface area contributed by atoms with Gasteiger partial charge in [-0.15, -0.1) is 0 Å². The van der Waals surface area contributed by atoms with E-state index < -0.39 is 19.9 Å². The van der Waals surface area contributed by atoms with Crippen molar-refractivity contribution < 1.29 is 16.8 Å². The van der Waals surface area contributed by atoms with Crippen LogP contribution in [0.1, 0.15) is 32.6 Å². The predicted molar refractivity (Wildman–Crippen MR) is 78.9 cm³/mol. The molecule has 0 aromatic heterocycles. The van der Waals surface area contributed by atoms with Crippen LogP contribution in [0.25, 0.3) is 0 Å². The molecule has 7 heteroatoms. The van der Waals surface area contributed by atoms with Crippen LogP contribution in [0.15, 0.2) is 34.1 Å². The molecule has 1 aromatic rings. The fraction of sp³-hybridized carbons (Fsp3) is 0.538. The summed E-state index contributed by atoms with van der Waals surface area (Å²) in [6, 6.07) is 5.39. The molecular weight excluding hydrogens is 298 g/mol. The van der Waals surface area contributed by atoms with Crippen LogP contribution in [-0.2, 0) is 19.9 Å². The minimum absolute atomic E-state index is 0.00589. The lowest BCUT2D eigenvalue weighted by Crippen LogP contribution is -2.25. The van der Waals surface area contributed by atoms with Crippen LogP contribution in [-0.4, -0.2) is 29.6 Å². The van der Waals surface area contributed by atoms with Gasteiger partial charge >= 0.3 is 0 Å². The summed E-state index contributed by atoms with van der Waals surface area (Å²) in [5.41, 5.74) is 0. The van der Waals surface area contributed by atoms with E-state index in [4.69, 9.17) is 0 Å². The maximum atomic E-state index is 12.0. The first-order chi connectivity index (χ1) is 9.27. The number of nitrogens with one attached hydrogen (secondary N) is 1. The van der Waals surface area contributed by atoms with Crippen LogP contribution >= 0.6 is 0 Å². The zero-order valence-electron chi connectivity index (χ0n) is 11.8. The third-order valence-corrected chi connectivity index (χ3v) is 5.44. The molecule has 0 amide bonds. The first kappa shape index (κ1) is 17.1. The first-order valence-electron chi connectivity index (χ1n) is 6.57. The molecule has 0 spiro atoms. The van der Waals surface area contributed by atoms with Crippen molar-refractivity contribution in [1.82, 2.24) is 4.72 Å². The second-order valence-electron chi connectivity index (χ2n) is 4.71. The van der Waals surface area contributed by atoms with Crippen LogP contribution in [0.2, 0.25) is 0 Å². The molecule has 0 heterocycles. The summed E-state index contributed by atoms with van der Waals surface area (Å²) in [5, 5.41) is 0. The molecule has 0 atom stereocenters. The van der Waals surface area contributed by atoms with Gasteiger partial charge in [-0.1, -0.05) is 32.3 Å². The molecule has 5 nitrogen and oxygen atoms in total. The molecule has 1 aromatic carbocycles. The summed E-state index contributed by atoms with van der Waals surface area (Å²) < 4.78 is 49.4. The van der Waals surface area contributed by atoms with Crippen LogP contribution in [0, 0.1) is 0 Å². The summed E-state index contributed by atoms with van der Waals surface area (Å²) in [4.78, 5) is -0.0118. The van der Waals surface area contributed by atoms with Crippen molar-refractivity contribution in [3.05, 3.63) is 24.3 Å². The highest BCUT2D eigenvalue weighted by Gasteiger charge is 2.16. The fourth-order valence-electron chi connectivity index (χ4n) is 1.71. The van der Waals surface area contributed by atoms with Crippen molar-refractivity contribution in [2.45, 2.75) is 42.4 Å². The maximum Gasteiger partial charge on any atom is 0.240 e. The molecule has 0 saturated heterocycles. The van der Waals surface area contributed by atoms with Gasteiger partial charge in [0.15, 0.2) is 9.84 Å². The Bertz CT molecular complexity index is 636. The second kappa shape index (κ2) is 7.19. The van der Waals surface area contributed by atoms with Crippen LogP contribution in [0.3, 0.4) is 0 Å². The van der Waals surface area contributed by atoms with E-state index in [0.717, 1.165) is 31.9 Å². The highest BCUT2D eigenvalue weighted by atomic mass is 32.2. The van der Waals surface area contributed by atoms with Gasteiger partial charge in [-0.2, -0.15) is 0 Å². The third-order valence-electron chi connectivity index (χ3n) is 2.87. The molecule has 20 heavy (non-hydrogen) atoms. The Kier molecular flexibility index (Phi) is 6.16. The quantitative estimate of drug-likeness (QED) is 0.743. The average Bonchev–Trinajstić information content (AvgIpc) is 2.37. The number of sulfonamides is 1. The summed E-state index contributed by atoms with van der Waals surface area (Å²) in [7, 11) is -7.06. The van der Waals surface area contributed by atoms with E-state index >= 15 is 0 Å². The molecule has 0 fully saturated rings. The number of sulfone groups is 1. The van der Waals surface area contributed by atoms with Gasteiger partial charge in [0.05, 0.1) is 9.79 Å².